The standard InChI is InChI=1S/C9H15N5S/c1-7-12-13-8(14(7)4)15-6-9(2,5-10)11-3/h11H,6H2,1-4H3. The first-order valence-electron chi connectivity index (χ1n) is 4.61. The highest BCUT2D eigenvalue weighted by molar-refractivity contribution is 7.99. The number of nitrogens with one attached hydrogen (secondary N) is 1. The van der Waals surface area contributed by atoms with Crippen LogP contribution in [-0.4, -0.2) is 33.1 Å². The molecule has 0 spiro atoms. The third-order valence-electron chi connectivity index (χ3n) is 2.34. The summed E-state index contributed by atoms with van der Waals surface area (Å²) in [5.41, 5.74) is -0.523. The van der Waals surface area contributed by atoms with Crippen molar-refractivity contribution >= 4 is 11.8 Å². The molecule has 1 aromatic heterocycles. The fourth-order valence-electron chi connectivity index (χ4n) is 0.883. The van der Waals surface area contributed by atoms with Crippen molar-refractivity contribution in [3.8, 4) is 6.07 Å². The monoisotopic (exact) mass is 225 g/mol. The zero-order chi connectivity index (χ0) is 11.5. The zero-order valence-electron chi connectivity index (χ0n) is 9.40. The second-order valence-electron chi connectivity index (χ2n) is 3.57. The lowest BCUT2D eigenvalue weighted by Crippen LogP contribution is -2.40. The second kappa shape index (κ2) is 4.64. The maximum Gasteiger partial charge on any atom is 0.191 e. The van der Waals surface area contributed by atoms with E-state index in [0.717, 1.165) is 11.0 Å². The minimum absolute atomic E-state index is 0.523. The van der Waals surface area contributed by atoms with Gasteiger partial charge in [-0.1, -0.05) is 11.8 Å². The lowest BCUT2D eigenvalue weighted by atomic mass is 10.1. The molecule has 5 nitrogen and oxygen atoms in total. The predicted molar refractivity (Wildman–Crippen MR) is 59.5 cm³/mol. The summed E-state index contributed by atoms with van der Waals surface area (Å²) < 4.78 is 1.91. The van der Waals surface area contributed by atoms with E-state index in [9.17, 15) is 0 Å². The highest BCUT2D eigenvalue weighted by Crippen LogP contribution is 2.20. The maximum atomic E-state index is 8.97. The van der Waals surface area contributed by atoms with Crippen molar-refractivity contribution in [1.29, 1.82) is 5.26 Å². The fourth-order valence-corrected chi connectivity index (χ4v) is 1.93. The molecule has 0 saturated carbocycles. The van der Waals surface area contributed by atoms with E-state index >= 15 is 0 Å². The predicted octanol–water partition coefficient (Wildman–Crippen LogP) is 0.717. The molecule has 0 aliphatic rings. The summed E-state index contributed by atoms with van der Waals surface area (Å²) in [5.74, 6) is 1.52. The molecule has 0 radical (unpaired) electrons. The SMILES string of the molecule is CNC(C)(C#N)CSc1nnc(C)n1C. The number of nitrogens with zero attached hydrogens (tertiary/aromatic N) is 4. The fraction of sp³-hybridized carbons (Fsp3) is 0.667. The van der Waals surface area contributed by atoms with Gasteiger partial charge in [-0.05, 0) is 20.9 Å². The molecule has 6 heteroatoms. The van der Waals surface area contributed by atoms with E-state index in [1.54, 1.807) is 7.05 Å². The van der Waals surface area contributed by atoms with Gasteiger partial charge < -0.3 is 9.88 Å². The molecule has 1 unspecified atom stereocenters. The van der Waals surface area contributed by atoms with Crippen molar-refractivity contribution in [2.45, 2.75) is 24.5 Å². The van der Waals surface area contributed by atoms with Gasteiger partial charge in [-0.2, -0.15) is 5.26 Å². The van der Waals surface area contributed by atoms with Crippen LogP contribution in [0.5, 0.6) is 0 Å². The van der Waals surface area contributed by atoms with Gasteiger partial charge in [0, 0.05) is 12.8 Å². The smallest absolute Gasteiger partial charge is 0.191 e. The first-order chi connectivity index (χ1) is 7.02. The second-order valence-corrected chi connectivity index (χ2v) is 4.51. The lowest BCUT2D eigenvalue weighted by Gasteiger charge is -2.19. The van der Waals surface area contributed by atoms with E-state index in [2.05, 4.69) is 21.6 Å². The van der Waals surface area contributed by atoms with Crippen LogP contribution in [-0.2, 0) is 7.05 Å². The molecular formula is C9H15N5S. The minimum atomic E-state index is -0.523. The summed E-state index contributed by atoms with van der Waals surface area (Å²) in [5, 5.41) is 20.8. The summed E-state index contributed by atoms with van der Waals surface area (Å²) in [6, 6.07) is 2.24. The molecule has 0 aromatic carbocycles. The molecule has 0 aliphatic heterocycles. The Morgan fingerprint density at radius 1 is 1.60 bits per heavy atom. The Balaban J connectivity index is 2.66. The van der Waals surface area contributed by atoms with Crippen molar-refractivity contribution < 1.29 is 0 Å². The Morgan fingerprint density at radius 3 is 2.67 bits per heavy atom. The van der Waals surface area contributed by atoms with Crippen molar-refractivity contribution in [2.75, 3.05) is 12.8 Å². The molecule has 0 bridgehead atoms. The summed E-state index contributed by atoms with van der Waals surface area (Å²) in [6.07, 6.45) is 0. The number of aryl methyl sites for hydroxylation is 1. The third-order valence-corrected chi connectivity index (χ3v) is 3.68. The molecule has 15 heavy (non-hydrogen) atoms. The topological polar surface area (TPSA) is 66.5 Å². The highest BCUT2D eigenvalue weighted by Gasteiger charge is 2.22. The molecule has 0 amide bonds. The van der Waals surface area contributed by atoms with E-state index in [-0.39, 0.29) is 0 Å². The van der Waals surface area contributed by atoms with Crippen LogP contribution in [0.2, 0.25) is 0 Å². The van der Waals surface area contributed by atoms with Crippen LogP contribution < -0.4 is 5.32 Å². The van der Waals surface area contributed by atoms with Crippen molar-refractivity contribution in [3.05, 3.63) is 5.82 Å². The van der Waals surface area contributed by atoms with Gasteiger partial charge in [-0.3, -0.25) is 0 Å². The largest absolute Gasteiger partial charge is 0.309 e. The third kappa shape index (κ3) is 2.70. The van der Waals surface area contributed by atoms with Gasteiger partial charge in [-0.25, -0.2) is 0 Å². The Morgan fingerprint density at radius 2 is 2.27 bits per heavy atom. The first kappa shape index (κ1) is 12.0. The maximum absolute atomic E-state index is 8.97. The van der Waals surface area contributed by atoms with Crippen molar-refractivity contribution in [1.82, 2.24) is 20.1 Å². The molecule has 1 heterocycles. The number of hydrogen-bond donors (Lipinski definition) is 1. The van der Waals surface area contributed by atoms with Crippen LogP contribution in [0.15, 0.2) is 5.16 Å². The average molecular weight is 225 g/mol. The van der Waals surface area contributed by atoms with Crippen molar-refractivity contribution in [2.24, 2.45) is 7.05 Å². The number of hydrogen-bond acceptors (Lipinski definition) is 5. The highest BCUT2D eigenvalue weighted by atomic mass is 32.2. The zero-order valence-corrected chi connectivity index (χ0v) is 10.2. The molecular weight excluding hydrogens is 210 g/mol. The molecule has 1 rings (SSSR count). The van der Waals surface area contributed by atoms with Gasteiger partial charge in [0.25, 0.3) is 0 Å². The molecule has 1 N–H and O–H groups in total. The Hall–Kier alpha value is -1.06. The summed E-state index contributed by atoms with van der Waals surface area (Å²) in [4.78, 5) is 0. The number of nitriles is 1. The van der Waals surface area contributed by atoms with E-state index in [0.29, 0.717) is 5.75 Å². The van der Waals surface area contributed by atoms with E-state index in [1.165, 1.54) is 11.8 Å². The van der Waals surface area contributed by atoms with Gasteiger partial charge in [-0.15, -0.1) is 10.2 Å². The van der Waals surface area contributed by atoms with Gasteiger partial charge in [0.2, 0.25) is 0 Å². The molecule has 1 aromatic rings. The van der Waals surface area contributed by atoms with Crippen LogP contribution in [0.25, 0.3) is 0 Å². The molecule has 0 aliphatic carbocycles. The number of thioether (sulfide) groups is 1. The molecule has 82 valence electrons. The van der Waals surface area contributed by atoms with Gasteiger partial charge in [0.05, 0.1) is 6.07 Å². The van der Waals surface area contributed by atoms with Crippen LogP contribution in [0, 0.1) is 18.3 Å². The lowest BCUT2D eigenvalue weighted by molar-refractivity contribution is 0.549. The Bertz CT molecular complexity index is 380. The quantitative estimate of drug-likeness (QED) is 0.765. The molecule has 1 atom stereocenters. The molecule has 0 fully saturated rings. The Kier molecular flexibility index (Phi) is 3.72. The number of rotatable bonds is 4. The number of aromatic nitrogens is 3. The summed E-state index contributed by atoms with van der Waals surface area (Å²) in [7, 11) is 3.70. The van der Waals surface area contributed by atoms with E-state index in [1.807, 2.05) is 25.5 Å². The first-order valence-corrected chi connectivity index (χ1v) is 5.60. The van der Waals surface area contributed by atoms with Crippen LogP contribution in [0.1, 0.15) is 12.7 Å². The normalized spacial score (nSPS) is 14.6. The van der Waals surface area contributed by atoms with Gasteiger partial charge >= 0.3 is 0 Å². The summed E-state index contributed by atoms with van der Waals surface area (Å²) in [6.45, 7) is 3.77. The van der Waals surface area contributed by atoms with Gasteiger partial charge in [0.1, 0.15) is 11.4 Å². The van der Waals surface area contributed by atoms with Crippen LogP contribution >= 0.6 is 11.8 Å². The van der Waals surface area contributed by atoms with Crippen molar-refractivity contribution in [3.63, 3.8) is 0 Å². The van der Waals surface area contributed by atoms with E-state index in [4.69, 9.17) is 5.26 Å². The van der Waals surface area contributed by atoms with Crippen LogP contribution in [0.4, 0.5) is 0 Å². The minimum Gasteiger partial charge on any atom is -0.309 e. The van der Waals surface area contributed by atoms with Gasteiger partial charge in [0.15, 0.2) is 5.16 Å². The average Bonchev–Trinajstić information content (AvgIpc) is 2.57. The van der Waals surface area contributed by atoms with E-state index < -0.39 is 5.54 Å². The van der Waals surface area contributed by atoms with Crippen LogP contribution in [0.3, 0.4) is 0 Å². The summed E-state index contributed by atoms with van der Waals surface area (Å²) >= 11 is 1.53. The Labute approximate surface area is 93.9 Å². The molecule has 0 saturated heterocycles.